The number of hydrogen-bond acceptors (Lipinski definition) is 3. The van der Waals surface area contributed by atoms with Crippen molar-refractivity contribution < 1.29 is 0 Å². The highest BCUT2D eigenvalue weighted by atomic mass is 15.3. The SMILES string of the molecule is CCc1cccc(-c2cnc3ccc(NCC4=CCCC=C4)nn23)c1. The number of nitrogens with zero attached hydrogens (tertiary/aromatic N) is 3. The minimum atomic E-state index is 0.796. The number of allylic oxidation sites excluding steroid dienone is 2. The zero-order valence-corrected chi connectivity index (χ0v) is 14.4. The summed E-state index contributed by atoms with van der Waals surface area (Å²) in [5.41, 5.74) is 5.66. The molecule has 25 heavy (non-hydrogen) atoms. The normalized spacial score (nSPS) is 13.9. The number of imidazole rings is 1. The third-order valence-electron chi connectivity index (χ3n) is 4.54. The van der Waals surface area contributed by atoms with Crippen LogP contribution >= 0.6 is 0 Å². The summed E-state index contributed by atoms with van der Waals surface area (Å²) < 4.78 is 1.92. The molecule has 0 saturated carbocycles. The fourth-order valence-corrected chi connectivity index (χ4v) is 3.11. The summed E-state index contributed by atoms with van der Waals surface area (Å²) >= 11 is 0. The molecule has 0 unspecified atom stereocenters. The molecule has 0 aliphatic heterocycles. The van der Waals surface area contributed by atoms with Crippen LogP contribution in [-0.2, 0) is 6.42 Å². The van der Waals surface area contributed by atoms with E-state index in [9.17, 15) is 0 Å². The molecular weight excluding hydrogens is 308 g/mol. The summed E-state index contributed by atoms with van der Waals surface area (Å²) in [7, 11) is 0. The quantitative estimate of drug-likeness (QED) is 0.740. The predicted octanol–water partition coefficient (Wildman–Crippen LogP) is 4.65. The van der Waals surface area contributed by atoms with Gasteiger partial charge < -0.3 is 5.32 Å². The Morgan fingerprint density at radius 1 is 1.16 bits per heavy atom. The number of fused-ring (bicyclic) bond motifs is 1. The predicted molar refractivity (Wildman–Crippen MR) is 103 cm³/mol. The van der Waals surface area contributed by atoms with Gasteiger partial charge in [-0.05, 0) is 48.6 Å². The molecule has 3 aromatic rings. The standard InChI is InChI=1S/C21H22N4/c1-2-16-9-6-10-18(13-16)19-15-23-21-12-11-20(24-25(19)21)22-14-17-7-4-3-5-8-17/h4,6-13,15H,2-3,5,14H2,1H3,(H,22,24). The van der Waals surface area contributed by atoms with Crippen molar-refractivity contribution in [2.75, 3.05) is 11.9 Å². The van der Waals surface area contributed by atoms with E-state index in [1.165, 1.54) is 11.1 Å². The first-order valence-corrected chi connectivity index (χ1v) is 8.87. The lowest BCUT2D eigenvalue weighted by Crippen LogP contribution is -2.08. The van der Waals surface area contributed by atoms with Gasteiger partial charge in [-0.3, -0.25) is 0 Å². The fraction of sp³-hybridized carbons (Fsp3) is 0.238. The van der Waals surface area contributed by atoms with Crippen molar-refractivity contribution in [2.45, 2.75) is 26.2 Å². The molecule has 2 aromatic heterocycles. The fourth-order valence-electron chi connectivity index (χ4n) is 3.11. The zero-order chi connectivity index (χ0) is 17.1. The molecule has 0 spiro atoms. The number of hydrogen-bond donors (Lipinski definition) is 1. The Morgan fingerprint density at radius 2 is 2.12 bits per heavy atom. The number of anilines is 1. The first kappa shape index (κ1) is 15.6. The van der Waals surface area contributed by atoms with Gasteiger partial charge in [0.15, 0.2) is 5.65 Å². The molecular formula is C21H22N4. The lowest BCUT2D eigenvalue weighted by molar-refractivity contribution is 0.935. The van der Waals surface area contributed by atoms with Crippen molar-refractivity contribution in [3.05, 3.63) is 72.0 Å². The Balaban J connectivity index is 1.63. The molecule has 1 aromatic carbocycles. The van der Waals surface area contributed by atoms with Crippen molar-refractivity contribution in [1.82, 2.24) is 14.6 Å². The smallest absolute Gasteiger partial charge is 0.154 e. The lowest BCUT2D eigenvalue weighted by Gasteiger charge is -2.10. The highest BCUT2D eigenvalue weighted by molar-refractivity contribution is 5.64. The van der Waals surface area contributed by atoms with Gasteiger partial charge in [-0.1, -0.05) is 43.4 Å². The van der Waals surface area contributed by atoms with Crippen LogP contribution < -0.4 is 5.32 Å². The Bertz CT molecular complexity index is 949. The number of aryl methyl sites for hydroxylation is 1. The summed E-state index contributed by atoms with van der Waals surface area (Å²) in [4.78, 5) is 4.49. The second-order valence-corrected chi connectivity index (χ2v) is 6.30. The second-order valence-electron chi connectivity index (χ2n) is 6.30. The van der Waals surface area contributed by atoms with E-state index in [2.05, 4.69) is 59.7 Å². The van der Waals surface area contributed by atoms with Crippen molar-refractivity contribution in [3.8, 4) is 11.3 Å². The van der Waals surface area contributed by atoms with Gasteiger partial charge >= 0.3 is 0 Å². The first-order valence-electron chi connectivity index (χ1n) is 8.87. The minimum absolute atomic E-state index is 0.796. The molecule has 1 aliphatic carbocycles. The number of benzene rings is 1. The molecule has 4 heteroatoms. The molecule has 1 aliphatic rings. The zero-order valence-electron chi connectivity index (χ0n) is 14.4. The van der Waals surface area contributed by atoms with Gasteiger partial charge in [0.1, 0.15) is 5.82 Å². The van der Waals surface area contributed by atoms with Crippen LogP contribution in [0, 0.1) is 0 Å². The Hall–Kier alpha value is -2.88. The van der Waals surface area contributed by atoms with E-state index in [-0.39, 0.29) is 0 Å². The van der Waals surface area contributed by atoms with Gasteiger partial charge in [0, 0.05) is 12.1 Å². The third kappa shape index (κ3) is 3.33. The lowest BCUT2D eigenvalue weighted by atomic mass is 10.1. The highest BCUT2D eigenvalue weighted by Gasteiger charge is 2.09. The molecule has 0 radical (unpaired) electrons. The van der Waals surface area contributed by atoms with Crippen molar-refractivity contribution in [1.29, 1.82) is 0 Å². The first-order chi connectivity index (χ1) is 12.3. The van der Waals surface area contributed by atoms with Gasteiger partial charge in [-0.15, -0.1) is 5.10 Å². The molecule has 0 fully saturated rings. The topological polar surface area (TPSA) is 42.2 Å². The maximum Gasteiger partial charge on any atom is 0.154 e. The monoisotopic (exact) mass is 330 g/mol. The molecule has 0 bridgehead atoms. The van der Waals surface area contributed by atoms with Crippen LogP contribution in [0.25, 0.3) is 16.9 Å². The van der Waals surface area contributed by atoms with Crippen LogP contribution in [0.2, 0.25) is 0 Å². The maximum absolute atomic E-state index is 4.74. The average molecular weight is 330 g/mol. The van der Waals surface area contributed by atoms with Crippen LogP contribution in [0.1, 0.15) is 25.3 Å². The van der Waals surface area contributed by atoms with E-state index in [1.807, 2.05) is 22.8 Å². The summed E-state index contributed by atoms with van der Waals surface area (Å²) in [6.07, 6.45) is 11.9. The van der Waals surface area contributed by atoms with Gasteiger partial charge in [0.05, 0.1) is 11.9 Å². The summed E-state index contributed by atoms with van der Waals surface area (Å²) in [5, 5.41) is 8.16. The van der Waals surface area contributed by atoms with E-state index in [4.69, 9.17) is 5.10 Å². The molecule has 126 valence electrons. The van der Waals surface area contributed by atoms with Crippen molar-refractivity contribution in [2.24, 2.45) is 0 Å². The minimum Gasteiger partial charge on any atom is -0.365 e. The van der Waals surface area contributed by atoms with Gasteiger partial charge in [-0.2, -0.15) is 0 Å². The Labute approximate surface area is 147 Å². The average Bonchev–Trinajstić information content (AvgIpc) is 3.10. The van der Waals surface area contributed by atoms with E-state index >= 15 is 0 Å². The third-order valence-corrected chi connectivity index (χ3v) is 4.54. The number of aromatic nitrogens is 3. The largest absolute Gasteiger partial charge is 0.365 e. The van der Waals surface area contributed by atoms with E-state index in [0.29, 0.717) is 0 Å². The summed E-state index contributed by atoms with van der Waals surface area (Å²) in [6.45, 7) is 2.96. The van der Waals surface area contributed by atoms with Crippen LogP contribution in [-0.4, -0.2) is 21.1 Å². The van der Waals surface area contributed by atoms with Crippen molar-refractivity contribution >= 4 is 11.5 Å². The molecule has 0 saturated heterocycles. The number of nitrogens with one attached hydrogen (secondary N) is 1. The molecule has 4 nitrogen and oxygen atoms in total. The summed E-state index contributed by atoms with van der Waals surface area (Å²) in [6, 6.07) is 12.6. The van der Waals surface area contributed by atoms with Crippen molar-refractivity contribution in [3.63, 3.8) is 0 Å². The maximum atomic E-state index is 4.74. The van der Waals surface area contributed by atoms with E-state index < -0.39 is 0 Å². The van der Waals surface area contributed by atoms with E-state index in [0.717, 1.165) is 48.5 Å². The van der Waals surface area contributed by atoms with Crippen LogP contribution in [0.5, 0.6) is 0 Å². The molecule has 0 amide bonds. The van der Waals surface area contributed by atoms with Crippen LogP contribution in [0.4, 0.5) is 5.82 Å². The van der Waals surface area contributed by atoms with Crippen LogP contribution in [0.15, 0.2) is 66.4 Å². The Morgan fingerprint density at radius 3 is 2.96 bits per heavy atom. The second kappa shape index (κ2) is 6.93. The summed E-state index contributed by atoms with van der Waals surface area (Å²) in [5.74, 6) is 0.860. The molecule has 4 rings (SSSR count). The molecule has 0 atom stereocenters. The van der Waals surface area contributed by atoms with E-state index in [1.54, 1.807) is 0 Å². The highest BCUT2D eigenvalue weighted by Crippen LogP contribution is 2.22. The van der Waals surface area contributed by atoms with Crippen LogP contribution in [0.3, 0.4) is 0 Å². The molecule has 2 heterocycles. The van der Waals surface area contributed by atoms with Gasteiger partial charge in [0.2, 0.25) is 0 Å². The molecule has 1 N–H and O–H groups in total. The number of rotatable bonds is 5. The van der Waals surface area contributed by atoms with Gasteiger partial charge in [0.25, 0.3) is 0 Å². The Kier molecular flexibility index (Phi) is 4.34. The van der Waals surface area contributed by atoms with Gasteiger partial charge in [-0.25, -0.2) is 9.50 Å².